The van der Waals surface area contributed by atoms with E-state index in [9.17, 15) is 14.4 Å². The summed E-state index contributed by atoms with van der Waals surface area (Å²) in [5.41, 5.74) is 1.22. The average molecular weight is 410 g/mol. The number of aromatic nitrogens is 1. The van der Waals surface area contributed by atoms with Crippen LogP contribution >= 0.6 is 22.7 Å². The second-order valence-electron chi connectivity index (χ2n) is 7.11. The van der Waals surface area contributed by atoms with Gasteiger partial charge in [0.15, 0.2) is 11.7 Å². The molecule has 0 aliphatic heterocycles. The third-order valence-corrected chi connectivity index (χ3v) is 5.70. The van der Waals surface area contributed by atoms with Crippen molar-refractivity contribution >= 4 is 50.6 Å². The number of esters is 1. The van der Waals surface area contributed by atoms with Crippen molar-refractivity contribution in [2.45, 2.75) is 41.5 Å². The van der Waals surface area contributed by atoms with E-state index in [1.165, 1.54) is 22.7 Å². The van der Waals surface area contributed by atoms with Gasteiger partial charge in [-0.3, -0.25) is 14.9 Å². The summed E-state index contributed by atoms with van der Waals surface area (Å²) in [7, 11) is 0. The Hall–Kier alpha value is -2.26. The fourth-order valence-electron chi connectivity index (χ4n) is 2.02. The number of hydrogen-bond acceptors (Lipinski definition) is 7. The SMILES string of the molecule is Cc1csc(NC(=O)COC(=O)c2c(NC(=O)C(C)(C)C)sc(C)c2C)n1. The first kappa shape index (κ1) is 21.0. The van der Waals surface area contributed by atoms with Gasteiger partial charge in [0.05, 0.1) is 11.3 Å². The molecule has 2 rings (SSSR count). The summed E-state index contributed by atoms with van der Waals surface area (Å²) >= 11 is 2.61. The summed E-state index contributed by atoms with van der Waals surface area (Å²) in [5, 5.41) is 8.07. The molecule has 0 saturated heterocycles. The predicted octanol–water partition coefficient (Wildman–Crippen LogP) is 3.91. The van der Waals surface area contributed by atoms with Crippen molar-refractivity contribution in [3.63, 3.8) is 0 Å². The van der Waals surface area contributed by atoms with Crippen molar-refractivity contribution in [2.24, 2.45) is 5.41 Å². The highest BCUT2D eigenvalue weighted by molar-refractivity contribution is 7.16. The summed E-state index contributed by atoms with van der Waals surface area (Å²) in [6.45, 7) is 10.4. The molecule has 0 bridgehead atoms. The zero-order valence-electron chi connectivity index (χ0n) is 16.2. The molecule has 0 aliphatic carbocycles. The van der Waals surface area contributed by atoms with Crippen LogP contribution < -0.4 is 10.6 Å². The molecule has 2 aromatic heterocycles. The van der Waals surface area contributed by atoms with Gasteiger partial charge in [0.25, 0.3) is 5.91 Å². The van der Waals surface area contributed by atoms with Crippen LogP contribution in [0.4, 0.5) is 10.1 Å². The normalized spacial score (nSPS) is 11.2. The Bertz CT molecular complexity index is 878. The third kappa shape index (κ3) is 5.36. The van der Waals surface area contributed by atoms with Crippen LogP contribution in [0.3, 0.4) is 0 Å². The van der Waals surface area contributed by atoms with E-state index in [0.29, 0.717) is 10.1 Å². The number of hydrogen-bond donors (Lipinski definition) is 2. The maximum absolute atomic E-state index is 12.5. The molecule has 2 heterocycles. The molecule has 0 fully saturated rings. The molecule has 9 heteroatoms. The molecule has 0 aliphatic rings. The molecule has 0 radical (unpaired) electrons. The Morgan fingerprint density at radius 1 is 1.15 bits per heavy atom. The number of carbonyl (C=O) groups excluding carboxylic acids is 3. The lowest BCUT2D eigenvalue weighted by Gasteiger charge is -2.17. The molecule has 27 heavy (non-hydrogen) atoms. The van der Waals surface area contributed by atoms with Gasteiger partial charge in [-0.05, 0) is 26.3 Å². The second kappa shape index (κ2) is 8.18. The summed E-state index contributed by atoms with van der Waals surface area (Å²) in [5.74, 6) is -1.32. The highest BCUT2D eigenvalue weighted by atomic mass is 32.1. The molecule has 0 saturated carbocycles. The maximum atomic E-state index is 12.5. The summed E-state index contributed by atoms with van der Waals surface area (Å²) in [4.78, 5) is 41.8. The van der Waals surface area contributed by atoms with Gasteiger partial charge in [-0.25, -0.2) is 9.78 Å². The lowest BCUT2D eigenvalue weighted by molar-refractivity contribution is -0.123. The zero-order valence-corrected chi connectivity index (χ0v) is 17.8. The molecular weight excluding hydrogens is 386 g/mol. The number of carbonyl (C=O) groups is 3. The van der Waals surface area contributed by atoms with E-state index in [2.05, 4.69) is 15.6 Å². The van der Waals surface area contributed by atoms with E-state index in [0.717, 1.165) is 16.1 Å². The van der Waals surface area contributed by atoms with Crippen molar-refractivity contribution < 1.29 is 19.1 Å². The van der Waals surface area contributed by atoms with Gasteiger partial charge in [0.2, 0.25) is 5.91 Å². The van der Waals surface area contributed by atoms with Crippen molar-refractivity contribution in [1.82, 2.24) is 4.98 Å². The van der Waals surface area contributed by atoms with Crippen LogP contribution in [0.1, 0.15) is 47.3 Å². The van der Waals surface area contributed by atoms with Gasteiger partial charge in [-0.15, -0.1) is 22.7 Å². The van der Waals surface area contributed by atoms with E-state index in [-0.39, 0.29) is 11.5 Å². The number of rotatable bonds is 5. The molecule has 0 aromatic carbocycles. The third-order valence-electron chi connectivity index (χ3n) is 3.70. The van der Waals surface area contributed by atoms with Crippen molar-refractivity contribution in [1.29, 1.82) is 0 Å². The molecule has 2 amide bonds. The number of amides is 2. The van der Waals surface area contributed by atoms with Crippen LogP contribution in [0.15, 0.2) is 5.38 Å². The van der Waals surface area contributed by atoms with Crippen LogP contribution in [-0.4, -0.2) is 29.4 Å². The van der Waals surface area contributed by atoms with E-state index in [1.807, 2.05) is 19.2 Å². The number of thiazole rings is 1. The largest absolute Gasteiger partial charge is 0.452 e. The van der Waals surface area contributed by atoms with Gasteiger partial charge >= 0.3 is 5.97 Å². The topological polar surface area (TPSA) is 97.4 Å². The number of aryl methyl sites for hydroxylation is 2. The molecule has 2 N–H and O–H groups in total. The average Bonchev–Trinajstić information content (AvgIpc) is 3.08. The standard InChI is InChI=1S/C18H23N3O4S2/c1-9-8-26-17(19-9)20-12(22)7-25-15(23)13-10(2)11(3)27-14(13)21-16(24)18(4,5)6/h8H,7H2,1-6H3,(H,21,24)(H,19,20,22). The molecule has 7 nitrogen and oxygen atoms in total. The first-order valence-corrected chi connectivity index (χ1v) is 9.99. The van der Waals surface area contributed by atoms with Crippen molar-refractivity contribution in [3.05, 3.63) is 27.1 Å². The van der Waals surface area contributed by atoms with Crippen LogP contribution in [0.2, 0.25) is 0 Å². The zero-order chi connectivity index (χ0) is 20.4. The number of thiophene rings is 1. The Kier molecular flexibility index (Phi) is 6.38. The van der Waals surface area contributed by atoms with E-state index < -0.39 is 23.9 Å². The number of anilines is 2. The quantitative estimate of drug-likeness (QED) is 0.730. The minimum absolute atomic E-state index is 0.199. The first-order valence-electron chi connectivity index (χ1n) is 8.29. The van der Waals surface area contributed by atoms with Crippen LogP contribution in [0, 0.1) is 26.2 Å². The number of nitrogens with zero attached hydrogens (tertiary/aromatic N) is 1. The lowest BCUT2D eigenvalue weighted by atomic mass is 9.96. The molecule has 0 unspecified atom stereocenters. The van der Waals surface area contributed by atoms with E-state index >= 15 is 0 Å². The highest BCUT2D eigenvalue weighted by Crippen LogP contribution is 2.34. The molecule has 146 valence electrons. The van der Waals surface area contributed by atoms with Crippen LogP contribution in [-0.2, 0) is 14.3 Å². The maximum Gasteiger partial charge on any atom is 0.341 e. The van der Waals surface area contributed by atoms with Gasteiger partial charge < -0.3 is 10.1 Å². The van der Waals surface area contributed by atoms with Crippen LogP contribution in [0.5, 0.6) is 0 Å². The van der Waals surface area contributed by atoms with Crippen molar-refractivity contribution in [3.8, 4) is 0 Å². The fourth-order valence-corrected chi connectivity index (χ4v) is 3.77. The van der Waals surface area contributed by atoms with Gasteiger partial charge in [0.1, 0.15) is 5.00 Å². The summed E-state index contributed by atoms with van der Waals surface area (Å²) in [6, 6.07) is 0. The van der Waals surface area contributed by atoms with Gasteiger partial charge in [0, 0.05) is 15.7 Å². The smallest absolute Gasteiger partial charge is 0.341 e. The predicted molar refractivity (Wildman–Crippen MR) is 108 cm³/mol. The monoisotopic (exact) mass is 409 g/mol. The van der Waals surface area contributed by atoms with Gasteiger partial charge in [-0.1, -0.05) is 20.8 Å². The van der Waals surface area contributed by atoms with E-state index in [1.54, 1.807) is 27.7 Å². The summed E-state index contributed by atoms with van der Waals surface area (Å²) in [6.07, 6.45) is 0. The molecule has 2 aromatic rings. The Morgan fingerprint density at radius 3 is 2.37 bits per heavy atom. The highest BCUT2D eigenvalue weighted by Gasteiger charge is 2.27. The fraction of sp³-hybridized carbons (Fsp3) is 0.444. The van der Waals surface area contributed by atoms with Gasteiger partial charge in [-0.2, -0.15) is 0 Å². The first-order chi connectivity index (χ1) is 12.5. The minimum Gasteiger partial charge on any atom is -0.452 e. The summed E-state index contributed by atoms with van der Waals surface area (Å²) < 4.78 is 5.15. The number of nitrogens with one attached hydrogen (secondary N) is 2. The van der Waals surface area contributed by atoms with Crippen LogP contribution in [0.25, 0.3) is 0 Å². The Labute approximate surface area is 166 Å². The molecular formula is C18H23N3O4S2. The lowest BCUT2D eigenvalue weighted by Crippen LogP contribution is -2.28. The van der Waals surface area contributed by atoms with Crippen molar-refractivity contribution in [2.75, 3.05) is 17.2 Å². The Morgan fingerprint density at radius 2 is 1.81 bits per heavy atom. The molecule has 0 spiro atoms. The minimum atomic E-state index is -0.647. The number of ether oxygens (including phenoxy) is 1. The van der Waals surface area contributed by atoms with E-state index in [4.69, 9.17) is 4.74 Å². The Balaban J connectivity index is 2.07. The second-order valence-corrected chi connectivity index (χ2v) is 9.19. The molecule has 0 atom stereocenters.